The minimum atomic E-state index is -0.871. The maximum atomic E-state index is 11.8. The van der Waals surface area contributed by atoms with Crippen LogP contribution in [0.1, 0.15) is 38.5 Å². The summed E-state index contributed by atoms with van der Waals surface area (Å²) < 4.78 is 0. The van der Waals surface area contributed by atoms with E-state index in [1.54, 1.807) is 7.05 Å². The number of hydrogen-bond acceptors (Lipinski definition) is 5. The van der Waals surface area contributed by atoms with Gasteiger partial charge in [0.1, 0.15) is 0 Å². The quantitative estimate of drug-likeness (QED) is 0.705. The molecular weight excluding hydrogens is 276 g/mol. The Kier molecular flexibility index (Phi) is 4.71. The van der Waals surface area contributed by atoms with E-state index < -0.39 is 17.4 Å². The zero-order valence-corrected chi connectivity index (χ0v) is 12.0. The molecule has 0 bridgehead atoms. The van der Waals surface area contributed by atoms with E-state index in [0.717, 1.165) is 25.7 Å². The minimum Gasteiger partial charge on any atom is -0.481 e. The molecule has 0 atom stereocenters. The van der Waals surface area contributed by atoms with Gasteiger partial charge in [-0.25, -0.2) is 4.79 Å². The third-order valence-corrected chi connectivity index (χ3v) is 3.84. The molecule has 9 heteroatoms. The molecule has 0 spiro atoms. The van der Waals surface area contributed by atoms with Crippen LogP contribution >= 0.6 is 0 Å². The average molecular weight is 296 g/mol. The van der Waals surface area contributed by atoms with Crippen molar-refractivity contribution >= 4 is 17.9 Å². The monoisotopic (exact) mass is 296 g/mol. The van der Waals surface area contributed by atoms with Gasteiger partial charge in [0.2, 0.25) is 0 Å². The summed E-state index contributed by atoms with van der Waals surface area (Å²) in [5, 5.41) is 25.6. The van der Waals surface area contributed by atoms with E-state index in [9.17, 15) is 14.7 Å². The standard InChI is InChI=1S/C12H20N6O3/c1-18-16-10(15-17-18)14-11(21)13-8-12(9(19)20)6-4-2-3-5-7-12/h2-8H2,1H3,(H,19,20)(H2,13,14,16,21). The lowest BCUT2D eigenvalue weighted by Crippen LogP contribution is -2.44. The predicted molar refractivity (Wildman–Crippen MR) is 73.6 cm³/mol. The van der Waals surface area contributed by atoms with Gasteiger partial charge >= 0.3 is 12.0 Å². The van der Waals surface area contributed by atoms with Gasteiger partial charge in [-0.15, -0.1) is 5.10 Å². The third-order valence-electron chi connectivity index (χ3n) is 3.84. The SMILES string of the molecule is Cn1nnc(NC(=O)NCC2(C(=O)O)CCCCCC2)n1. The Balaban J connectivity index is 1.92. The number of carboxylic acid groups (broad SMARTS) is 1. The van der Waals surface area contributed by atoms with E-state index in [1.165, 1.54) is 4.80 Å². The number of nitrogens with one attached hydrogen (secondary N) is 2. The Morgan fingerprint density at radius 1 is 1.29 bits per heavy atom. The lowest BCUT2D eigenvalue weighted by Gasteiger charge is -2.28. The van der Waals surface area contributed by atoms with Crippen LogP contribution in [0.25, 0.3) is 0 Å². The van der Waals surface area contributed by atoms with Gasteiger partial charge in [0.05, 0.1) is 12.5 Å². The maximum Gasteiger partial charge on any atom is 0.321 e. The zero-order chi connectivity index (χ0) is 15.3. The number of urea groups is 1. The number of carboxylic acids is 1. The highest BCUT2D eigenvalue weighted by atomic mass is 16.4. The highest BCUT2D eigenvalue weighted by molar-refractivity contribution is 5.87. The molecule has 2 rings (SSSR count). The van der Waals surface area contributed by atoms with Gasteiger partial charge in [0, 0.05) is 6.54 Å². The molecule has 1 aromatic rings. The number of carbonyl (C=O) groups excluding carboxylic acids is 1. The summed E-state index contributed by atoms with van der Waals surface area (Å²) in [6, 6.07) is -0.520. The molecular formula is C12H20N6O3. The molecule has 3 N–H and O–H groups in total. The van der Waals surface area contributed by atoms with Crippen LogP contribution in [0.5, 0.6) is 0 Å². The topological polar surface area (TPSA) is 122 Å². The van der Waals surface area contributed by atoms with Crippen LogP contribution < -0.4 is 10.6 Å². The van der Waals surface area contributed by atoms with Gasteiger partial charge in [-0.1, -0.05) is 30.8 Å². The van der Waals surface area contributed by atoms with E-state index in [4.69, 9.17) is 0 Å². The molecule has 1 fully saturated rings. The van der Waals surface area contributed by atoms with Crippen molar-refractivity contribution in [1.29, 1.82) is 0 Å². The van der Waals surface area contributed by atoms with Crippen molar-refractivity contribution in [2.24, 2.45) is 12.5 Å². The predicted octanol–water partition coefficient (Wildman–Crippen LogP) is 0.757. The number of aryl methyl sites for hydroxylation is 1. The number of nitrogens with zero attached hydrogens (tertiary/aromatic N) is 4. The van der Waals surface area contributed by atoms with Crippen molar-refractivity contribution in [3.63, 3.8) is 0 Å². The van der Waals surface area contributed by atoms with E-state index in [0.29, 0.717) is 12.8 Å². The van der Waals surface area contributed by atoms with Crippen LogP contribution in [0, 0.1) is 5.41 Å². The van der Waals surface area contributed by atoms with Gasteiger partial charge < -0.3 is 10.4 Å². The average Bonchev–Trinajstić information content (AvgIpc) is 2.71. The smallest absolute Gasteiger partial charge is 0.321 e. The van der Waals surface area contributed by atoms with Crippen LogP contribution in [-0.2, 0) is 11.8 Å². The number of amides is 2. The maximum absolute atomic E-state index is 11.8. The van der Waals surface area contributed by atoms with Crippen molar-refractivity contribution in [2.75, 3.05) is 11.9 Å². The largest absolute Gasteiger partial charge is 0.481 e. The van der Waals surface area contributed by atoms with Gasteiger partial charge in [-0.05, 0) is 18.1 Å². The number of aromatic nitrogens is 4. The van der Waals surface area contributed by atoms with Crippen LogP contribution in [0.4, 0.5) is 10.7 Å². The molecule has 21 heavy (non-hydrogen) atoms. The molecule has 1 heterocycles. The van der Waals surface area contributed by atoms with Crippen LogP contribution in [0.15, 0.2) is 0 Å². The van der Waals surface area contributed by atoms with Crippen LogP contribution in [0.2, 0.25) is 0 Å². The molecule has 1 saturated carbocycles. The molecule has 2 amide bonds. The number of rotatable bonds is 4. The van der Waals surface area contributed by atoms with Crippen molar-refractivity contribution in [3.05, 3.63) is 0 Å². The highest BCUT2D eigenvalue weighted by Crippen LogP contribution is 2.34. The number of hydrogen-bond donors (Lipinski definition) is 3. The first-order valence-electron chi connectivity index (χ1n) is 7.04. The number of tetrazole rings is 1. The molecule has 116 valence electrons. The molecule has 0 aliphatic heterocycles. The zero-order valence-electron chi connectivity index (χ0n) is 12.0. The summed E-state index contributed by atoms with van der Waals surface area (Å²) in [5.41, 5.74) is -0.871. The van der Waals surface area contributed by atoms with E-state index in [-0.39, 0.29) is 12.5 Å². The Hall–Kier alpha value is -2.19. The van der Waals surface area contributed by atoms with Gasteiger partial charge in [-0.2, -0.15) is 4.80 Å². The second-order valence-corrected chi connectivity index (χ2v) is 5.41. The van der Waals surface area contributed by atoms with Crippen LogP contribution in [0.3, 0.4) is 0 Å². The molecule has 0 radical (unpaired) electrons. The molecule has 0 saturated heterocycles. The van der Waals surface area contributed by atoms with E-state index >= 15 is 0 Å². The first-order valence-corrected chi connectivity index (χ1v) is 7.04. The Bertz CT molecular complexity index is 507. The van der Waals surface area contributed by atoms with Crippen molar-refractivity contribution < 1.29 is 14.7 Å². The molecule has 1 aliphatic carbocycles. The molecule has 1 aliphatic rings. The summed E-state index contributed by atoms with van der Waals surface area (Å²) in [6.07, 6.45) is 5.02. The molecule has 0 aromatic carbocycles. The van der Waals surface area contributed by atoms with Gasteiger partial charge in [0.25, 0.3) is 5.95 Å². The molecule has 9 nitrogen and oxygen atoms in total. The van der Waals surface area contributed by atoms with Crippen molar-refractivity contribution in [2.45, 2.75) is 38.5 Å². The number of carbonyl (C=O) groups is 2. The summed E-state index contributed by atoms with van der Waals surface area (Å²) >= 11 is 0. The fourth-order valence-corrected chi connectivity index (χ4v) is 2.60. The van der Waals surface area contributed by atoms with E-state index in [2.05, 4.69) is 26.0 Å². The highest BCUT2D eigenvalue weighted by Gasteiger charge is 2.38. The second kappa shape index (κ2) is 6.51. The first kappa shape index (κ1) is 15.2. The van der Waals surface area contributed by atoms with Crippen LogP contribution in [-0.4, -0.2) is 43.9 Å². The summed E-state index contributed by atoms with van der Waals surface area (Å²) in [5.74, 6) is -0.762. The normalized spacial score (nSPS) is 17.8. The summed E-state index contributed by atoms with van der Waals surface area (Å²) in [6.45, 7) is 0.106. The van der Waals surface area contributed by atoms with E-state index in [1.807, 2.05) is 0 Å². The van der Waals surface area contributed by atoms with Gasteiger partial charge in [0.15, 0.2) is 0 Å². The first-order chi connectivity index (χ1) is 10.0. The lowest BCUT2D eigenvalue weighted by atomic mass is 9.80. The number of anilines is 1. The second-order valence-electron chi connectivity index (χ2n) is 5.41. The molecule has 1 aromatic heterocycles. The Morgan fingerprint density at radius 3 is 2.48 bits per heavy atom. The van der Waals surface area contributed by atoms with Gasteiger partial charge in [-0.3, -0.25) is 10.1 Å². The Labute approximate surface area is 122 Å². The fraction of sp³-hybridized carbons (Fsp3) is 0.750. The minimum absolute atomic E-state index is 0.0836. The number of aliphatic carboxylic acids is 1. The third kappa shape index (κ3) is 3.89. The van der Waals surface area contributed by atoms with Crippen molar-refractivity contribution in [3.8, 4) is 0 Å². The molecule has 0 unspecified atom stereocenters. The summed E-state index contributed by atoms with van der Waals surface area (Å²) in [7, 11) is 1.58. The van der Waals surface area contributed by atoms with Crippen molar-refractivity contribution in [1.82, 2.24) is 25.5 Å². The lowest BCUT2D eigenvalue weighted by molar-refractivity contribution is -0.149. The fourth-order valence-electron chi connectivity index (χ4n) is 2.60. The Morgan fingerprint density at radius 2 is 1.95 bits per heavy atom. The summed E-state index contributed by atoms with van der Waals surface area (Å²) in [4.78, 5) is 24.6.